The molecule has 4 rings (SSSR count). The number of nitrogens with one attached hydrogen (secondary N) is 1. The fourth-order valence-electron chi connectivity index (χ4n) is 5.19. The molecule has 0 unspecified atom stereocenters. The first kappa shape index (κ1) is 36.5. The molecule has 2 amide bonds. The first-order valence-corrected chi connectivity index (χ1v) is 18.0. The van der Waals surface area contributed by atoms with Crippen LogP contribution in [0.3, 0.4) is 0 Å². The zero-order valence-corrected chi connectivity index (χ0v) is 30.1. The highest BCUT2D eigenvalue weighted by Crippen LogP contribution is 2.36. The minimum Gasteiger partial charge on any atom is -0.497 e. The second kappa shape index (κ2) is 17.2. The van der Waals surface area contributed by atoms with E-state index in [9.17, 15) is 18.0 Å². The number of nitrogens with zero attached hydrogens (tertiary/aromatic N) is 2. The Labute approximate surface area is 292 Å². The van der Waals surface area contributed by atoms with Gasteiger partial charge in [-0.1, -0.05) is 89.4 Å². The van der Waals surface area contributed by atoms with Crippen LogP contribution in [0.2, 0.25) is 0 Å². The Bertz CT molecular complexity index is 1770. The van der Waals surface area contributed by atoms with Crippen molar-refractivity contribution < 1.29 is 27.5 Å². The molecule has 0 aliphatic heterocycles. The highest BCUT2D eigenvalue weighted by Gasteiger charge is 2.35. The van der Waals surface area contributed by atoms with Gasteiger partial charge in [-0.25, -0.2) is 8.42 Å². The van der Waals surface area contributed by atoms with Crippen molar-refractivity contribution in [1.82, 2.24) is 10.2 Å². The predicted octanol–water partition coefficient (Wildman–Crippen LogP) is 6.53. The Morgan fingerprint density at radius 2 is 1.56 bits per heavy atom. The SMILES string of the molecule is CCCCNC(=O)[C@@H](Cc1ccccc1)N(Cc1ccc(Br)cc1)C(=O)CN(c1cc(OC)ccc1OC)S(=O)(=O)c1ccc(C)cc1. The Balaban J connectivity index is 1.85. The Kier molecular flexibility index (Phi) is 13.0. The molecular weight excluding hydrogens is 694 g/mol. The van der Waals surface area contributed by atoms with Crippen molar-refractivity contribution in [3.63, 3.8) is 0 Å². The fraction of sp³-hybridized carbons (Fsp3) is 0.297. The molecule has 9 nitrogen and oxygen atoms in total. The topological polar surface area (TPSA) is 105 Å². The summed E-state index contributed by atoms with van der Waals surface area (Å²) in [6.45, 7) is 3.81. The average molecular weight is 737 g/mol. The number of hydrogen-bond donors (Lipinski definition) is 1. The van der Waals surface area contributed by atoms with Crippen molar-refractivity contribution in [2.24, 2.45) is 0 Å². The monoisotopic (exact) mass is 735 g/mol. The maximum absolute atomic E-state index is 14.7. The summed E-state index contributed by atoms with van der Waals surface area (Å²) in [5.41, 5.74) is 2.65. The summed E-state index contributed by atoms with van der Waals surface area (Å²) >= 11 is 3.46. The molecule has 0 fully saturated rings. The summed E-state index contributed by atoms with van der Waals surface area (Å²) in [6.07, 6.45) is 1.90. The third-order valence-electron chi connectivity index (χ3n) is 7.91. The number of carbonyl (C=O) groups is 2. The van der Waals surface area contributed by atoms with E-state index < -0.39 is 28.5 Å². The van der Waals surface area contributed by atoms with Crippen molar-refractivity contribution in [3.8, 4) is 11.5 Å². The number of amides is 2. The van der Waals surface area contributed by atoms with E-state index in [-0.39, 0.29) is 35.2 Å². The molecule has 0 aliphatic carbocycles. The highest BCUT2D eigenvalue weighted by atomic mass is 79.9. The Morgan fingerprint density at radius 3 is 2.19 bits per heavy atom. The first-order valence-electron chi connectivity index (χ1n) is 15.7. The van der Waals surface area contributed by atoms with Gasteiger partial charge in [0, 0.05) is 30.0 Å². The Hall–Kier alpha value is -4.35. The van der Waals surface area contributed by atoms with Crippen LogP contribution in [-0.2, 0) is 32.6 Å². The molecule has 0 heterocycles. The van der Waals surface area contributed by atoms with Crippen LogP contribution < -0.4 is 19.1 Å². The highest BCUT2D eigenvalue weighted by molar-refractivity contribution is 9.10. The predicted molar refractivity (Wildman–Crippen MR) is 192 cm³/mol. The average Bonchev–Trinajstić information content (AvgIpc) is 3.09. The van der Waals surface area contributed by atoms with Crippen molar-refractivity contribution in [2.45, 2.75) is 50.6 Å². The molecule has 0 aromatic heterocycles. The summed E-state index contributed by atoms with van der Waals surface area (Å²) in [7, 11) is -1.41. The lowest BCUT2D eigenvalue weighted by atomic mass is 10.0. The van der Waals surface area contributed by atoms with Gasteiger partial charge in [0.2, 0.25) is 11.8 Å². The maximum Gasteiger partial charge on any atom is 0.264 e. The van der Waals surface area contributed by atoms with Crippen LogP contribution >= 0.6 is 15.9 Å². The second-order valence-electron chi connectivity index (χ2n) is 11.4. The molecule has 0 saturated carbocycles. The van der Waals surface area contributed by atoms with Gasteiger partial charge in [0.05, 0.1) is 24.8 Å². The summed E-state index contributed by atoms with van der Waals surface area (Å²) in [5, 5.41) is 3.01. The van der Waals surface area contributed by atoms with E-state index in [0.717, 1.165) is 38.3 Å². The van der Waals surface area contributed by atoms with E-state index in [0.29, 0.717) is 12.3 Å². The number of aryl methyl sites for hydroxylation is 1. The standard InChI is InChI=1S/C37H42BrN3O6S/c1-5-6-22-39-37(43)34(23-28-10-8-7-9-11-28)40(25-29-14-16-30(38)17-15-29)36(42)26-41(33-24-31(46-3)18-21-35(33)47-4)48(44,45)32-19-12-27(2)13-20-32/h7-21,24,34H,5-6,22-23,25-26H2,1-4H3,(H,39,43)/t34-/m1/s1. The number of methoxy groups -OCH3 is 2. The van der Waals surface area contributed by atoms with Crippen LogP contribution in [0.25, 0.3) is 0 Å². The van der Waals surface area contributed by atoms with Crippen LogP contribution in [0, 0.1) is 6.92 Å². The third-order valence-corrected chi connectivity index (χ3v) is 10.2. The lowest BCUT2D eigenvalue weighted by Gasteiger charge is -2.34. The molecular formula is C37H42BrN3O6S. The quantitative estimate of drug-likeness (QED) is 0.131. The van der Waals surface area contributed by atoms with Gasteiger partial charge in [-0.3, -0.25) is 13.9 Å². The Morgan fingerprint density at radius 1 is 0.875 bits per heavy atom. The summed E-state index contributed by atoms with van der Waals surface area (Å²) in [5.74, 6) is -0.266. The van der Waals surface area contributed by atoms with Crippen molar-refractivity contribution in [3.05, 3.63) is 118 Å². The van der Waals surface area contributed by atoms with Crippen LogP contribution in [0.1, 0.15) is 36.5 Å². The first-order chi connectivity index (χ1) is 23.1. The number of anilines is 1. The van der Waals surface area contributed by atoms with Crippen LogP contribution in [-0.4, -0.2) is 58.5 Å². The van der Waals surface area contributed by atoms with Gasteiger partial charge in [-0.15, -0.1) is 0 Å². The number of sulfonamides is 1. The minimum atomic E-state index is -4.31. The molecule has 1 N–H and O–H groups in total. The van der Waals surface area contributed by atoms with Gasteiger partial charge in [-0.05, 0) is 60.9 Å². The summed E-state index contributed by atoms with van der Waals surface area (Å²) < 4.78 is 41.7. The smallest absolute Gasteiger partial charge is 0.264 e. The number of carbonyl (C=O) groups excluding carboxylic acids is 2. The lowest BCUT2D eigenvalue weighted by Crippen LogP contribution is -2.53. The molecule has 1 atom stereocenters. The number of unbranched alkanes of at least 4 members (excludes halogenated alkanes) is 1. The largest absolute Gasteiger partial charge is 0.497 e. The van der Waals surface area contributed by atoms with Gasteiger partial charge in [-0.2, -0.15) is 0 Å². The molecule has 11 heteroatoms. The van der Waals surface area contributed by atoms with Crippen molar-refractivity contribution in [2.75, 3.05) is 31.6 Å². The number of benzene rings is 4. The van der Waals surface area contributed by atoms with E-state index in [1.807, 2.05) is 68.4 Å². The molecule has 0 radical (unpaired) electrons. The zero-order valence-electron chi connectivity index (χ0n) is 27.7. The van der Waals surface area contributed by atoms with Gasteiger partial charge in [0.1, 0.15) is 24.1 Å². The molecule has 48 heavy (non-hydrogen) atoms. The van der Waals surface area contributed by atoms with Crippen LogP contribution in [0.5, 0.6) is 11.5 Å². The third kappa shape index (κ3) is 9.38. The van der Waals surface area contributed by atoms with Crippen molar-refractivity contribution in [1.29, 1.82) is 0 Å². The van der Waals surface area contributed by atoms with Crippen molar-refractivity contribution >= 4 is 43.5 Å². The summed E-state index contributed by atoms with van der Waals surface area (Å²) in [4.78, 5) is 30.1. The molecule has 0 bridgehead atoms. The normalized spacial score (nSPS) is 11.8. The van der Waals surface area contributed by atoms with E-state index >= 15 is 0 Å². The molecule has 0 saturated heterocycles. The molecule has 4 aromatic rings. The fourth-order valence-corrected chi connectivity index (χ4v) is 6.87. The number of hydrogen-bond acceptors (Lipinski definition) is 6. The maximum atomic E-state index is 14.7. The zero-order chi connectivity index (χ0) is 34.7. The van der Waals surface area contributed by atoms with Gasteiger partial charge in [0.15, 0.2) is 0 Å². The molecule has 0 spiro atoms. The van der Waals surface area contributed by atoms with Crippen LogP contribution in [0.4, 0.5) is 5.69 Å². The van der Waals surface area contributed by atoms with Gasteiger partial charge >= 0.3 is 0 Å². The number of halogens is 1. The second-order valence-corrected chi connectivity index (χ2v) is 14.1. The lowest BCUT2D eigenvalue weighted by molar-refractivity contribution is -0.140. The van der Waals surface area contributed by atoms with E-state index in [1.54, 1.807) is 24.3 Å². The van der Waals surface area contributed by atoms with Gasteiger partial charge < -0.3 is 19.7 Å². The summed E-state index contributed by atoms with van der Waals surface area (Å²) in [6, 6.07) is 27.2. The van der Waals surface area contributed by atoms with E-state index in [1.165, 1.54) is 37.3 Å². The molecule has 254 valence electrons. The number of rotatable bonds is 16. The minimum absolute atomic E-state index is 0.00313. The molecule has 4 aromatic carbocycles. The van der Waals surface area contributed by atoms with E-state index in [4.69, 9.17) is 9.47 Å². The van der Waals surface area contributed by atoms with E-state index in [2.05, 4.69) is 21.2 Å². The van der Waals surface area contributed by atoms with Crippen LogP contribution in [0.15, 0.2) is 106 Å². The number of ether oxygens (including phenoxy) is 2. The van der Waals surface area contributed by atoms with Gasteiger partial charge in [0.25, 0.3) is 10.0 Å². The molecule has 0 aliphatic rings.